The summed E-state index contributed by atoms with van der Waals surface area (Å²) in [6.07, 6.45) is 0. The molecule has 1 aromatic heterocycles. The van der Waals surface area contributed by atoms with Crippen LogP contribution < -0.4 is 4.74 Å². The van der Waals surface area contributed by atoms with E-state index in [1.54, 1.807) is 24.9 Å². The van der Waals surface area contributed by atoms with Crippen molar-refractivity contribution >= 4 is 5.97 Å². The predicted octanol–water partition coefficient (Wildman–Crippen LogP) is 2.10. The van der Waals surface area contributed by atoms with Crippen LogP contribution in [-0.4, -0.2) is 28.0 Å². The van der Waals surface area contributed by atoms with Gasteiger partial charge >= 0.3 is 5.97 Å². The standard InChI is InChI=1S/C13H14N2O3/c1-8-4-5-9(6-12(8)18-3)11-7-10(13(16)17)14-15(11)2/h4-7H,1-3H3,(H,16,17). The van der Waals surface area contributed by atoms with Gasteiger partial charge in [-0.15, -0.1) is 0 Å². The summed E-state index contributed by atoms with van der Waals surface area (Å²) in [5, 5.41) is 12.9. The molecule has 0 spiro atoms. The molecule has 0 bridgehead atoms. The third-order valence-corrected chi connectivity index (χ3v) is 2.80. The molecule has 0 fully saturated rings. The van der Waals surface area contributed by atoms with E-state index in [1.807, 2.05) is 25.1 Å². The van der Waals surface area contributed by atoms with Crippen LogP contribution in [0.15, 0.2) is 24.3 Å². The predicted molar refractivity (Wildman–Crippen MR) is 66.9 cm³/mol. The second-order valence-corrected chi connectivity index (χ2v) is 4.03. The third-order valence-electron chi connectivity index (χ3n) is 2.80. The Kier molecular flexibility index (Phi) is 3.06. The summed E-state index contributed by atoms with van der Waals surface area (Å²) < 4.78 is 6.80. The molecule has 18 heavy (non-hydrogen) atoms. The van der Waals surface area contributed by atoms with Gasteiger partial charge in [0.05, 0.1) is 12.8 Å². The van der Waals surface area contributed by atoms with Gasteiger partial charge in [-0.05, 0) is 24.6 Å². The Bertz CT molecular complexity index is 602. The fraction of sp³-hybridized carbons (Fsp3) is 0.231. The van der Waals surface area contributed by atoms with E-state index in [9.17, 15) is 4.79 Å². The van der Waals surface area contributed by atoms with Crippen molar-refractivity contribution < 1.29 is 14.6 Å². The van der Waals surface area contributed by atoms with Crippen molar-refractivity contribution in [1.82, 2.24) is 9.78 Å². The van der Waals surface area contributed by atoms with Gasteiger partial charge in [0, 0.05) is 12.6 Å². The molecule has 1 heterocycles. The molecule has 0 radical (unpaired) electrons. The van der Waals surface area contributed by atoms with E-state index in [4.69, 9.17) is 9.84 Å². The van der Waals surface area contributed by atoms with Gasteiger partial charge in [-0.3, -0.25) is 4.68 Å². The van der Waals surface area contributed by atoms with Crippen molar-refractivity contribution in [3.05, 3.63) is 35.5 Å². The summed E-state index contributed by atoms with van der Waals surface area (Å²) in [5.41, 5.74) is 2.68. The van der Waals surface area contributed by atoms with E-state index in [0.717, 1.165) is 22.6 Å². The lowest BCUT2D eigenvalue weighted by molar-refractivity contribution is 0.0689. The van der Waals surface area contributed by atoms with Gasteiger partial charge < -0.3 is 9.84 Å². The third kappa shape index (κ3) is 2.07. The van der Waals surface area contributed by atoms with E-state index in [0.29, 0.717) is 0 Å². The first-order valence-electron chi connectivity index (χ1n) is 5.45. The van der Waals surface area contributed by atoms with Crippen molar-refractivity contribution in [2.24, 2.45) is 7.05 Å². The van der Waals surface area contributed by atoms with Gasteiger partial charge in [0.25, 0.3) is 0 Å². The molecule has 1 N–H and O–H groups in total. The average molecular weight is 246 g/mol. The van der Waals surface area contributed by atoms with Crippen molar-refractivity contribution in [2.45, 2.75) is 6.92 Å². The fourth-order valence-electron chi connectivity index (χ4n) is 1.82. The number of aromatic carboxylic acids is 1. The monoisotopic (exact) mass is 246 g/mol. The van der Waals surface area contributed by atoms with Crippen LogP contribution in [0.4, 0.5) is 0 Å². The number of benzene rings is 1. The zero-order valence-corrected chi connectivity index (χ0v) is 10.5. The van der Waals surface area contributed by atoms with E-state index in [-0.39, 0.29) is 5.69 Å². The number of hydrogen-bond acceptors (Lipinski definition) is 3. The minimum absolute atomic E-state index is 0.0343. The Hall–Kier alpha value is -2.30. The molecule has 0 atom stereocenters. The molecule has 5 heteroatoms. The van der Waals surface area contributed by atoms with Crippen LogP contribution in [-0.2, 0) is 7.05 Å². The maximum atomic E-state index is 10.9. The minimum Gasteiger partial charge on any atom is -0.496 e. The molecule has 0 amide bonds. The molecule has 1 aromatic carbocycles. The molecule has 0 aliphatic rings. The molecule has 94 valence electrons. The molecule has 5 nitrogen and oxygen atoms in total. The van der Waals surface area contributed by atoms with Crippen LogP contribution in [0, 0.1) is 6.92 Å². The fourth-order valence-corrected chi connectivity index (χ4v) is 1.82. The highest BCUT2D eigenvalue weighted by atomic mass is 16.5. The van der Waals surface area contributed by atoms with Crippen LogP contribution >= 0.6 is 0 Å². The largest absolute Gasteiger partial charge is 0.496 e. The van der Waals surface area contributed by atoms with Crippen molar-refractivity contribution in [2.75, 3.05) is 7.11 Å². The van der Waals surface area contributed by atoms with Gasteiger partial charge in [0.2, 0.25) is 0 Å². The second-order valence-electron chi connectivity index (χ2n) is 4.03. The number of methoxy groups -OCH3 is 1. The molecular formula is C13H14N2O3. The van der Waals surface area contributed by atoms with Crippen LogP contribution in [0.5, 0.6) is 5.75 Å². The number of rotatable bonds is 3. The van der Waals surface area contributed by atoms with Gasteiger partial charge in [0.15, 0.2) is 5.69 Å². The first kappa shape index (κ1) is 12.2. The van der Waals surface area contributed by atoms with Gasteiger partial charge in [0.1, 0.15) is 5.75 Å². The number of aromatic nitrogens is 2. The van der Waals surface area contributed by atoms with E-state index in [1.165, 1.54) is 0 Å². The smallest absolute Gasteiger partial charge is 0.356 e. The number of nitrogens with zero attached hydrogens (tertiary/aromatic N) is 2. The second kappa shape index (κ2) is 4.52. The summed E-state index contributed by atoms with van der Waals surface area (Å²) in [6.45, 7) is 1.95. The van der Waals surface area contributed by atoms with E-state index >= 15 is 0 Å². The topological polar surface area (TPSA) is 64.3 Å². The minimum atomic E-state index is -1.03. The highest BCUT2D eigenvalue weighted by molar-refractivity contribution is 5.87. The lowest BCUT2D eigenvalue weighted by Crippen LogP contribution is -1.99. The van der Waals surface area contributed by atoms with Crippen molar-refractivity contribution in [3.63, 3.8) is 0 Å². The molecule has 0 aliphatic heterocycles. The average Bonchev–Trinajstić information content (AvgIpc) is 2.72. The highest BCUT2D eigenvalue weighted by Crippen LogP contribution is 2.27. The summed E-state index contributed by atoms with van der Waals surface area (Å²) in [5.74, 6) is -0.262. The molecule has 0 unspecified atom stereocenters. The lowest BCUT2D eigenvalue weighted by atomic mass is 10.1. The van der Waals surface area contributed by atoms with Crippen LogP contribution in [0.25, 0.3) is 11.3 Å². The van der Waals surface area contributed by atoms with Crippen LogP contribution in [0.2, 0.25) is 0 Å². The Morgan fingerprint density at radius 3 is 2.67 bits per heavy atom. The van der Waals surface area contributed by atoms with Crippen molar-refractivity contribution in [3.8, 4) is 17.0 Å². The molecule has 0 aliphatic carbocycles. The van der Waals surface area contributed by atoms with Crippen LogP contribution in [0.3, 0.4) is 0 Å². The quantitative estimate of drug-likeness (QED) is 0.900. The number of aryl methyl sites for hydroxylation is 2. The first-order valence-corrected chi connectivity index (χ1v) is 5.45. The Morgan fingerprint density at radius 2 is 2.11 bits per heavy atom. The van der Waals surface area contributed by atoms with Gasteiger partial charge in [-0.1, -0.05) is 12.1 Å². The summed E-state index contributed by atoms with van der Waals surface area (Å²) in [6, 6.07) is 7.27. The van der Waals surface area contributed by atoms with Gasteiger partial charge in [-0.2, -0.15) is 5.10 Å². The summed E-state index contributed by atoms with van der Waals surface area (Å²) >= 11 is 0. The van der Waals surface area contributed by atoms with Crippen LogP contribution in [0.1, 0.15) is 16.1 Å². The molecule has 0 saturated heterocycles. The Balaban J connectivity index is 2.51. The highest BCUT2D eigenvalue weighted by Gasteiger charge is 2.13. The summed E-state index contributed by atoms with van der Waals surface area (Å²) in [4.78, 5) is 10.9. The normalized spacial score (nSPS) is 10.4. The molecule has 0 saturated carbocycles. The maximum Gasteiger partial charge on any atom is 0.356 e. The lowest BCUT2D eigenvalue weighted by Gasteiger charge is -2.07. The SMILES string of the molecule is COc1cc(-c2cc(C(=O)O)nn2C)ccc1C. The Labute approximate surface area is 105 Å². The molecular weight excluding hydrogens is 232 g/mol. The number of carboxylic acid groups (broad SMARTS) is 1. The number of ether oxygens (including phenoxy) is 1. The van der Waals surface area contributed by atoms with Gasteiger partial charge in [-0.25, -0.2) is 4.79 Å². The zero-order chi connectivity index (χ0) is 13.3. The summed E-state index contributed by atoms with van der Waals surface area (Å²) in [7, 11) is 3.33. The number of hydrogen-bond donors (Lipinski definition) is 1. The number of carbonyl (C=O) groups is 1. The van der Waals surface area contributed by atoms with Crippen molar-refractivity contribution in [1.29, 1.82) is 0 Å². The molecule has 2 aromatic rings. The van der Waals surface area contributed by atoms with E-state index in [2.05, 4.69) is 5.10 Å². The number of carboxylic acids is 1. The first-order chi connectivity index (χ1) is 8.52. The van der Waals surface area contributed by atoms with E-state index < -0.39 is 5.97 Å². The molecule has 2 rings (SSSR count). The zero-order valence-electron chi connectivity index (χ0n) is 10.5. The maximum absolute atomic E-state index is 10.9. The Morgan fingerprint density at radius 1 is 1.39 bits per heavy atom.